The zero-order valence-electron chi connectivity index (χ0n) is 20.6. The third-order valence-corrected chi connectivity index (χ3v) is 5.91. The maximum Gasteiger partial charge on any atom is 0.288 e. The second-order valence-corrected chi connectivity index (χ2v) is 8.19. The Morgan fingerprint density at radius 1 is 0.633 bits per heavy atom. The maximum absolute atomic E-state index is 10.4. The molecule has 0 rings (SSSR count). The molecule has 0 spiro atoms. The smallest absolute Gasteiger partial charge is 0.288 e. The molecule has 30 heavy (non-hydrogen) atoms. The first-order valence-corrected chi connectivity index (χ1v) is 12.6. The van der Waals surface area contributed by atoms with E-state index >= 15 is 0 Å². The fourth-order valence-electron chi connectivity index (χ4n) is 4.45. The molecule has 0 N–H and O–H groups in total. The molecule has 0 heterocycles. The minimum absolute atomic E-state index is 0.194. The van der Waals surface area contributed by atoms with Gasteiger partial charge in [-0.1, -0.05) is 71.6 Å². The topological polar surface area (TPSA) is 57.1 Å². The zero-order valence-corrected chi connectivity index (χ0v) is 20.6. The highest BCUT2D eigenvalue weighted by Crippen LogP contribution is 2.49. The van der Waals surface area contributed by atoms with Crippen molar-refractivity contribution in [2.75, 3.05) is 26.4 Å². The van der Waals surface area contributed by atoms with Gasteiger partial charge in [0.1, 0.15) is 0 Å². The summed E-state index contributed by atoms with van der Waals surface area (Å²) >= 11 is 0. The molecular weight excluding hydrogens is 378 g/mol. The molecule has 0 amide bonds. The second kappa shape index (κ2) is 19.0. The number of hydrogen-bond acceptors (Lipinski definition) is 5. The quantitative estimate of drug-likeness (QED) is 0.0794. The predicted octanol–water partition coefficient (Wildman–Crippen LogP) is 7.18. The molecule has 0 radical (unpaired) electrons. The fraction of sp³-hybridized carbons (Fsp3) is 0.960. The molecular formula is C25H49NO4. The summed E-state index contributed by atoms with van der Waals surface area (Å²) in [5, 5.41) is 0. The molecule has 0 aliphatic carbocycles. The standard InChI is InChI=1S/C25H49NO4/c1-6-11-13-14-15-16-20-24(19-12-7-2,21-17-18-22-26-23-27)25(28-8-3,29-9-4)30-10-5/h6-22H2,1-5H3. The Hall–Kier alpha value is -0.740. The second-order valence-electron chi connectivity index (χ2n) is 8.19. The molecule has 0 saturated heterocycles. The van der Waals surface area contributed by atoms with Gasteiger partial charge in [-0.2, -0.15) is 0 Å². The molecule has 0 aliphatic heterocycles. The fourth-order valence-corrected chi connectivity index (χ4v) is 4.45. The van der Waals surface area contributed by atoms with E-state index in [4.69, 9.17) is 14.2 Å². The van der Waals surface area contributed by atoms with Gasteiger partial charge < -0.3 is 14.2 Å². The SMILES string of the molecule is CCCCCCCCC(CCCC)(CCCCN=C=O)C(OCC)(OCC)OCC. The van der Waals surface area contributed by atoms with E-state index in [1.165, 1.54) is 32.1 Å². The van der Waals surface area contributed by atoms with E-state index in [1.807, 2.05) is 20.8 Å². The average molecular weight is 428 g/mol. The Bertz CT molecular complexity index is 420. The number of ether oxygens (including phenoxy) is 3. The van der Waals surface area contributed by atoms with Crippen LogP contribution in [0, 0.1) is 5.41 Å². The van der Waals surface area contributed by atoms with Gasteiger partial charge in [0.25, 0.3) is 5.97 Å². The van der Waals surface area contributed by atoms with Crippen molar-refractivity contribution < 1.29 is 19.0 Å². The number of aliphatic imine (C=N–C) groups is 1. The third-order valence-electron chi connectivity index (χ3n) is 5.91. The van der Waals surface area contributed by atoms with Gasteiger partial charge in [0.15, 0.2) is 0 Å². The molecule has 0 fully saturated rings. The van der Waals surface area contributed by atoms with E-state index < -0.39 is 5.97 Å². The van der Waals surface area contributed by atoms with Crippen LogP contribution >= 0.6 is 0 Å². The van der Waals surface area contributed by atoms with Crippen LogP contribution in [0.2, 0.25) is 0 Å². The van der Waals surface area contributed by atoms with Gasteiger partial charge in [-0.15, -0.1) is 0 Å². The number of nitrogens with zero attached hydrogens (tertiary/aromatic N) is 1. The largest absolute Gasteiger partial charge is 0.327 e. The number of carbonyl (C=O) groups excluding carboxylic acids is 1. The lowest BCUT2D eigenvalue weighted by Gasteiger charge is -2.49. The molecule has 5 nitrogen and oxygen atoms in total. The van der Waals surface area contributed by atoms with Crippen molar-refractivity contribution in [3.63, 3.8) is 0 Å². The lowest BCUT2D eigenvalue weighted by molar-refractivity contribution is -0.432. The normalized spacial score (nSPS) is 13.8. The van der Waals surface area contributed by atoms with E-state index in [0.717, 1.165) is 51.4 Å². The minimum atomic E-state index is -1.00. The molecule has 5 heteroatoms. The minimum Gasteiger partial charge on any atom is -0.327 e. The van der Waals surface area contributed by atoms with Crippen LogP contribution in [0.1, 0.15) is 118 Å². The summed E-state index contributed by atoms with van der Waals surface area (Å²) in [5.41, 5.74) is -0.194. The number of isocyanates is 1. The van der Waals surface area contributed by atoms with Gasteiger partial charge in [0, 0.05) is 19.8 Å². The Balaban J connectivity index is 5.65. The molecule has 1 atom stereocenters. The molecule has 0 aromatic carbocycles. The first-order valence-electron chi connectivity index (χ1n) is 12.6. The lowest BCUT2D eigenvalue weighted by atomic mass is 9.71. The first kappa shape index (κ1) is 29.3. The van der Waals surface area contributed by atoms with E-state index in [1.54, 1.807) is 6.08 Å². The van der Waals surface area contributed by atoms with Crippen LogP contribution in [0.5, 0.6) is 0 Å². The highest BCUT2D eigenvalue weighted by molar-refractivity contribution is 5.32. The average Bonchev–Trinajstić information content (AvgIpc) is 2.74. The monoisotopic (exact) mass is 427 g/mol. The summed E-state index contributed by atoms with van der Waals surface area (Å²) in [6, 6.07) is 0. The van der Waals surface area contributed by atoms with Crippen molar-refractivity contribution in [2.45, 2.75) is 124 Å². The van der Waals surface area contributed by atoms with E-state index in [0.29, 0.717) is 26.4 Å². The Morgan fingerprint density at radius 2 is 1.10 bits per heavy atom. The molecule has 0 aliphatic rings. The van der Waals surface area contributed by atoms with Gasteiger partial charge >= 0.3 is 0 Å². The Kier molecular flexibility index (Phi) is 18.5. The summed E-state index contributed by atoms with van der Waals surface area (Å²) in [6.45, 7) is 12.7. The van der Waals surface area contributed by atoms with Crippen LogP contribution in [-0.4, -0.2) is 38.4 Å². The van der Waals surface area contributed by atoms with Crippen molar-refractivity contribution in [2.24, 2.45) is 10.4 Å². The molecule has 0 saturated carbocycles. The molecule has 1 unspecified atom stereocenters. The zero-order chi connectivity index (χ0) is 22.6. The van der Waals surface area contributed by atoms with Crippen molar-refractivity contribution in [3.8, 4) is 0 Å². The Labute approximate surface area is 186 Å². The molecule has 0 aromatic heterocycles. The summed E-state index contributed by atoms with van der Waals surface area (Å²) in [4.78, 5) is 14.1. The van der Waals surface area contributed by atoms with Crippen LogP contribution in [0.15, 0.2) is 4.99 Å². The van der Waals surface area contributed by atoms with E-state index in [-0.39, 0.29) is 5.41 Å². The molecule has 0 aromatic rings. The van der Waals surface area contributed by atoms with E-state index in [9.17, 15) is 4.79 Å². The van der Waals surface area contributed by atoms with Crippen LogP contribution in [0.25, 0.3) is 0 Å². The van der Waals surface area contributed by atoms with Crippen LogP contribution in [-0.2, 0) is 19.0 Å². The Morgan fingerprint density at radius 3 is 1.60 bits per heavy atom. The summed E-state index contributed by atoms with van der Waals surface area (Å²) < 4.78 is 18.9. The van der Waals surface area contributed by atoms with E-state index in [2.05, 4.69) is 18.8 Å². The van der Waals surface area contributed by atoms with Gasteiger partial charge in [-0.3, -0.25) is 0 Å². The summed E-state index contributed by atoms with van der Waals surface area (Å²) in [7, 11) is 0. The summed E-state index contributed by atoms with van der Waals surface area (Å²) in [6.07, 6.45) is 16.4. The van der Waals surface area contributed by atoms with Crippen molar-refractivity contribution >= 4 is 6.08 Å². The van der Waals surface area contributed by atoms with Gasteiger partial charge in [-0.25, -0.2) is 9.79 Å². The number of unbranched alkanes of at least 4 members (excludes halogenated alkanes) is 7. The van der Waals surface area contributed by atoms with Crippen molar-refractivity contribution in [1.29, 1.82) is 0 Å². The third kappa shape index (κ3) is 10.5. The highest BCUT2D eigenvalue weighted by atomic mass is 16.9. The van der Waals surface area contributed by atoms with Gasteiger partial charge in [0.05, 0.1) is 12.0 Å². The highest BCUT2D eigenvalue weighted by Gasteiger charge is 2.53. The molecule has 178 valence electrons. The first-order chi connectivity index (χ1) is 14.6. The van der Waals surface area contributed by atoms with Gasteiger partial charge in [0.2, 0.25) is 6.08 Å². The predicted molar refractivity (Wildman–Crippen MR) is 124 cm³/mol. The maximum atomic E-state index is 10.4. The number of rotatable bonds is 22. The van der Waals surface area contributed by atoms with Gasteiger partial charge in [-0.05, 0) is 46.5 Å². The van der Waals surface area contributed by atoms with Crippen LogP contribution < -0.4 is 0 Å². The van der Waals surface area contributed by atoms with Crippen LogP contribution in [0.3, 0.4) is 0 Å². The van der Waals surface area contributed by atoms with Crippen molar-refractivity contribution in [3.05, 3.63) is 0 Å². The molecule has 0 bridgehead atoms. The van der Waals surface area contributed by atoms with Crippen LogP contribution in [0.4, 0.5) is 0 Å². The number of hydrogen-bond donors (Lipinski definition) is 0. The summed E-state index contributed by atoms with van der Waals surface area (Å²) in [5.74, 6) is -1.00. The van der Waals surface area contributed by atoms with Crippen molar-refractivity contribution in [1.82, 2.24) is 0 Å². The lowest BCUT2D eigenvalue weighted by Crippen LogP contribution is -2.55.